The van der Waals surface area contributed by atoms with Crippen molar-refractivity contribution >= 4 is 10.1 Å². The van der Waals surface area contributed by atoms with Gasteiger partial charge in [0.1, 0.15) is 0 Å². The maximum absolute atomic E-state index is 12.4. The van der Waals surface area contributed by atoms with Gasteiger partial charge in [0.15, 0.2) is 5.75 Å². The lowest BCUT2D eigenvalue weighted by atomic mass is 9.95. The average Bonchev–Trinajstić information content (AvgIpc) is 2.61. The van der Waals surface area contributed by atoms with Crippen molar-refractivity contribution in [3.05, 3.63) is 58.5 Å². The highest BCUT2D eigenvalue weighted by atomic mass is 32.2. The van der Waals surface area contributed by atoms with Gasteiger partial charge in [-0.1, -0.05) is 17.7 Å². The van der Waals surface area contributed by atoms with E-state index in [1.165, 1.54) is 4.57 Å². The Morgan fingerprint density at radius 2 is 1.62 bits per heavy atom. The van der Waals surface area contributed by atoms with Crippen LogP contribution in [0.1, 0.15) is 31.2 Å². The number of rotatable bonds is 5. The lowest BCUT2D eigenvalue weighted by molar-refractivity contribution is 0.0830. The topological polar surface area (TPSA) is 74.6 Å². The summed E-state index contributed by atoms with van der Waals surface area (Å²) in [5.41, 5.74) is 0.821. The lowest BCUT2D eigenvalue weighted by Crippen LogP contribution is -2.31. The first-order valence-electron chi connectivity index (χ1n) is 8.67. The lowest BCUT2D eigenvalue weighted by Gasteiger charge is -2.28. The van der Waals surface area contributed by atoms with Gasteiger partial charge in [0.2, 0.25) is 0 Å². The summed E-state index contributed by atoms with van der Waals surface area (Å²) in [6.45, 7) is 1.90. The van der Waals surface area contributed by atoms with Gasteiger partial charge in [-0.05, 0) is 56.9 Å². The Labute approximate surface area is 153 Å². The van der Waals surface area contributed by atoms with Crippen LogP contribution in [-0.2, 0) is 21.3 Å². The zero-order chi connectivity index (χ0) is 18.7. The fourth-order valence-corrected chi connectivity index (χ4v) is 4.16. The first-order chi connectivity index (χ1) is 12.3. The van der Waals surface area contributed by atoms with Crippen LogP contribution in [-0.4, -0.2) is 25.2 Å². The molecule has 1 aliphatic rings. The zero-order valence-electron chi connectivity index (χ0n) is 14.9. The van der Waals surface area contributed by atoms with Gasteiger partial charge >= 0.3 is 0 Å². The Hall–Kier alpha value is -2.12. The molecule has 0 N–H and O–H groups in total. The molecular weight excluding hydrogens is 354 g/mol. The predicted molar refractivity (Wildman–Crippen MR) is 97.8 cm³/mol. The number of hydrogen-bond acceptors (Lipinski definition) is 5. The Kier molecular flexibility index (Phi) is 5.48. The second kappa shape index (κ2) is 7.63. The summed E-state index contributed by atoms with van der Waals surface area (Å²) < 4.78 is 37.4. The second-order valence-electron chi connectivity index (χ2n) is 6.67. The summed E-state index contributed by atoms with van der Waals surface area (Å²) in [4.78, 5) is 12.2. The number of ether oxygens (including phenoxy) is 1. The number of aromatic nitrogens is 1. The van der Waals surface area contributed by atoms with Crippen LogP contribution in [0.3, 0.4) is 0 Å². The smallest absolute Gasteiger partial charge is 0.297 e. The van der Waals surface area contributed by atoms with Crippen molar-refractivity contribution in [2.75, 3.05) is 0 Å². The van der Waals surface area contributed by atoms with E-state index in [9.17, 15) is 13.2 Å². The van der Waals surface area contributed by atoms with Crippen molar-refractivity contribution in [1.29, 1.82) is 0 Å². The molecule has 1 aromatic carbocycles. The molecule has 1 aliphatic carbocycles. The molecule has 0 bridgehead atoms. The summed E-state index contributed by atoms with van der Waals surface area (Å²) in [5, 5.41) is 0. The summed E-state index contributed by atoms with van der Waals surface area (Å²) in [6, 6.07) is 10.0. The molecule has 1 heterocycles. The Bertz CT molecular complexity index is 910. The largest absolute Gasteiger partial charge is 0.485 e. The highest BCUT2D eigenvalue weighted by Crippen LogP contribution is 2.27. The fraction of sp³-hybridized carbons (Fsp3) is 0.421. The van der Waals surface area contributed by atoms with Gasteiger partial charge in [-0.15, -0.1) is 0 Å². The number of hydrogen-bond donors (Lipinski definition) is 0. The minimum Gasteiger partial charge on any atom is -0.485 e. The van der Waals surface area contributed by atoms with Crippen molar-refractivity contribution in [2.24, 2.45) is 7.05 Å². The standard InChI is InChI=1S/C19H23NO5S/c1-14-5-11-17(12-6-14)26(22,23)25-16-9-7-15(8-10-16)24-18-4-3-13-20(2)19(18)21/h3-6,11-13,15-16H,7-10H2,1-2H3. The van der Waals surface area contributed by atoms with E-state index in [-0.39, 0.29) is 22.7 Å². The van der Waals surface area contributed by atoms with E-state index < -0.39 is 10.1 Å². The molecule has 1 saturated carbocycles. The Morgan fingerprint density at radius 3 is 2.27 bits per heavy atom. The summed E-state index contributed by atoms with van der Waals surface area (Å²) in [7, 11) is -2.08. The van der Waals surface area contributed by atoms with E-state index in [4.69, 9.17) is 8.92 Å². The maximum Gasteiger partial charge on any atom is 0.297 e. The number of pyridine rings is 1. The third-order valence-electron chi connectivity index (χ3n) is 4.58. The van der Waals surface area contributed by atoms with E-state index in [1.807, 2.05) is 6.92 Å². The van der Waals surface area contributed by atoms with Gasteiger partial charge in [-0.25, -0.2) is 0 Å². The zero-order valence-corrected chi connectivity index (χ0v) is 15.7. The molecule has 7 heteroatoms. The van der Waals surface area contributed by atoms with E-state index in [0.717, 1.165) is 5.56 Å². The second-order valence-corrected chi connectivity index (χ2v) is 8.24. The molecule has 2 aromatic rings. The van der Waals surface area contributed by atoms with Crippen molar-refractivity contribution in [2.45, 2.75) is 49.7 Å². The molecule has 0 amide bonds. The molecule has 0 saturated heterocycles. The van der Waals surface area contributed by atoms with Gasteiger partial charge in [-0.3, -0.25) is 8.98 Å². The molecule has 0 unspecified atom stereocenters. The van der Waals surface area contributed by atoms with Crippen LogP contribution in [0.4, 0.5) is 0 Å². The van der Waals surface area contributed by atoms with Gasteiger partial charge < -0.3 is 9.30 Å². The van der Waals surface area contributed by atoms with Gasteiger partial charge in [0.25, 0.3) is 15.7 Å². The minimum atomic E-state index is -3.76. The SMILES string of the molecule is Cc1ccc(S(=O)(=O)OC2CCC(Oc3cccn(C)c3=O)CC2)cc1. The number of aryl methyl sites for hydroxylation is 2. The molecule has 1 aromatic heterocycles. The molecule has 0 aliphatic heterocycles. The molecule has 6 nitrogen and oxygen atoms in total. The fourth-order valence-electron chi connectivity index (χ4n) is 3.03. The van der Waals surface area contributed by atoms with E-state index in [0.29, 0.717) is 31.4 Å². The van der Waals surface area contributed by atoms with Crippen LogP contribution in [0, 0.1) is 6.92 Å². The molecule has 0 atom stereocenters. The molecule has 140 valence electrons. The van der Waals surface area contributed by atoms with Crippen LogP contribution in [0.2, 0.25) is 0 Å². The summed E-state index contributed by atoms with van der Waals surface area (Å²) >= 11 is 0. The van der Waals surface area contributed by atoms with Crippen LogP contribution < -0.4 is 10.3 Å². The van der Waals surface area contributed by atoms with Gasteiger partial charge in [0, 0.05) is 13.2 Å². The van der Waals surface area contributed by atoms with Crippen LogP contribution >= 0.6 is 0 Å². The third kappa shape index (κ3) is 4.34. The maximum atomic E-state index is 12.4. The summed E-state index contributed by atoms with van der Waals surface area (Å²) in [6.07, 6.45) is 3.65. The molecule has 0 spiro atoms. The predicted octanol–water partition coefficient (Wildman–Crippen LogP) is 2.79. The number of benzene rings is 1. The molecule has 3 rings (SSSR count). The number of nitrogens with zero attached hydrogens (tertiary/aromatic N) is 1. The monoisotopic (exact) mass is 377 g/mol. The van der Waals surface area contributed by atoms with Crippen molar-refractivity contribution < 1.29 is 17.3 Å². The Morgan fingerprint density at radius 1 is 1.00 bits per heavy atom. The quantitative estimate of drug-likeness (QED) is 0.749. The summed E-state index contributed by atoms with van der Waals surface area (Å²) in [5.74, 6) is 0.326. The van der Waals surface area contributed by atoms with Crippen molar-refractivity contribution in [1.82, 2.24) is 4.57 Å². The van der Waals surface area contributed by atoms with Crippen molar-refractivity contribution in [3.63, 3.8) is 0 Å². The van der Waals surface area contributed by atoms with Crippen LogP contribution in [0.5, 0.6) is 5.75 Å². The third-order valence-corrected chi connectivity index (χ3v) is 5.95. The van der Waals surface area contributed by atoms with E-state index in [2.05, 4.69) is 0 Å². The van der Waals surface area contributed by atoms with Gasteiger partial charge in [0.05, 0.1) is 17.1 Å². The van der Waals surface area contributed by atoms with Crippen molar-refractivity contribution in [3.8, 4) is 5.75 Å². The van der Waals surface area contributed by atoms with E-state index in [1.54, 1.807) is 49.6 Å². The van der Waals surface area contributed by atoms with E-state index >= 15 is 0 Å². The van der Waals surface area contributed by atoms with Crippen LogP contribution in [0.25, 0.3) is 0 Å². The first-order valence-corrected chi connectivity index (χ1v) is 10.1. The molecule has 1 fully saturated rings. The molecule has 0 radical (unpaired) electrons. The van der Waals surface area contributed by atoms with Gasteiger partial charge in [-0.2, -0.15) is 8.42 Å². The van der Waals surface area contributed by atoms with Crippen LogP contribution in [0.15, 0.2) is 52.3 Å². The highest BCUT2D eigenvalue weighted by Gasteiger charge is 2.28. The minimum absolute atomic E-state index is 0.105. The molecule has 26 heavy (non-hydrogen) atoms. The molecular formula is C19H23NO5S. The first kappa shape index (κ1) is 18.7. The normalized spacial score (nSPS) is 20.7. The highest BCUT2D eigenvalue weighted by molar-refractivity contribution is 7.86. The average molecular weight is 377 g/mol. The Balaban J connectivity index is 1.57.